The molecular formula is C33H32Cl2N6OS. The van der Waals surface area contributed by atoms with Crippen molar-refractivity contribution in [3.05, 3.63) is 100 Å². The summed E-state index contributed by atoms with van der Waals surface area (Å²) in [5, 5.41) is 13.7. The van der Waals surface area contributed by atoms with Gasteiger partial charge in [0.1, 0.15) is 0 Å². The summed E-state index contributed by atoms with van der Waals surface area (Å²) >= 11 is 18.8. The van der Waals surface area contributed by atoms with Gasteiger partial charge in [-0.25, -0.2) is 4.99 Å². The summed E-state index contributed by atoms with van der Waals surface area (Å²) in [5.41, 5.74) is 4.56. The van der Waals surface area contributed by atoms with Crippen molar-refractivity contribution in [2.24, 2.45) is 4.99 Å². The maximum absolute atomic E-state index is 13.7. The van der Waals surface area contributed by atoms with Crippen molar-refractivity contribution in [1.82, 2.24) is 10.2 Å². The third-order valence-electron chi connectivity index (χ3n) is 8.05. The second-order valence-corrected chi connectivity index (χ2v) is 12.2. The monoisotopic (exact) mass is 630 g/mol. The Kier molecular flexibility index (Phi) is 8.54. The van der Waals surface area contributed by atoms with Crippen LogP contribution in [0.15, 0.2) is 83.9 Å². The first-order chi connectivity index (χ1) is 20.8. The predicted octanol–water partition coefficient (Wildman–Crippen LogP) is 6.78. The summed E-state index contributed by atoms with van der Waals surface area (Å²) in [4.78, 5) is 22.5. The zero-order chi connectivity index (χ0) is 30.1. The molecule has 0 spiro atoms. The number of hydrogen-bond donors (Lipinski definition) is 3. The number of piperidine rings is 1. The zero-order valence-corrected chi connectivity index (χ0v) is 26.2. The van der Waals surface area contributed by atoms with Crippen LogP contribution >= 0.6 is 35.4 Å². The predicted molar refractivity (Wildman–Crippen MR) is 183 cm³/mol. The molecule has 1 amide bonds. The molecule has 0 radical (unpaired) electrons. The maximum atomic E-state index is 13.7. The van der Waals surface area contributed by atoms with Crippen LogP contribution in [-0.4, -0.2) is 61.0 Å². The first-order valence-corrected chi connectivity index (χ1v) is 15.4. The highest BCUT2D eigenvalue weighted by Gasteiger charge is 2.31. The van der Waals surface area contributed by atoms with Crippen LogP contribution in [0, 0.1) is 0 Å². The van der Waals surface area contributed by atoms with Gasteiger partial charge in [-0.2, -0.15) is 0 Å². The van der Waals surface area contributed by atoms with Gasteiger partial charge in [-0.05, 0) is 81.6 Å². The molecule has 1 saturated heterocycles. The lowest BCUT2D eigenvalue weighted by Gasteiger charge is -2.30. The molecule has 4 aromatic rings. The number of likely N-dealkylation sites (N-methyl/N-ethyl adjacent to an activating group) is 1. The van der Waals surface area contributed by atoms with Crippen LogP contribution in [0.2, 0.25) is 10.0 Å². The van der Waals surface area contributed by atoms with E-state index < -0.39 is 6.17 Å². The molecular weight excluding hydrogens is 599 g/mol. The van der Waals surface area contributed by atoms with Crippen molar-refractivity contribution in [1.29, 1.82) is 0 Å². The number of hydrogen-bond acceptors (Lipinski definition) is 5. The van der Waals surface area contributed by atoms with Crippen molar-refractivity contribution in [3.63, 3.8) is 0 Å². The second kappa shape index (κ2) is 12.5. The van der Waals surface area contributed by atoms with Gasteiger partial charge >= 0.3 is 0 Å². The Morgan fingerprint density at radius 1 is 0.884 bits per heavy atom. The van der Waals surface area contributed by atoms with Crippen LogP contribution in [-0.2, 0) is 4.79 Å². The molecule has 7 nitrogen and oxygen atoms in total. The lowest BCUT2D eigenvalue weighted by atomic mass is 10.00. The van der Waals surface area contributed by atoms with Gasteiger partial charge in [-0.15, -0.1) is 0 Å². The Morgan fingerprint density at radius 3 is 2.30 bits per heavy atom. The van der Waals surface area contributed by atoms with E-state index in [-0.39, 0.29) is 11.0 Å². The van der Waals surface area contributed by atoms with E-state index in [0.717, 1.165) is 48.1 Å². The SMILES string of the molecule is CN1CCC(Nc2ccc(NC(=S)NC3N=C(c4ccccc4Cl)c4cc(Cl)ccc4N(C)C3=O)c3ccccc23)CC1. The minimum absolute atomic E-state index is 0.266. The second-order valence-electron chi connectivity index (χ2n) is 10.9. The van der Waals surface area contributed by atoms with E-state index in [2.05, 4.69) is 46.1 Å². The number of rotatable bonds is 5. The molecule has 6 rings (SSSR count). The van der Waals surface area contributed by atoms with Crippen LogP contribution < -0.4 is 20.9 Å². The standard InChI is InChI=1S/C33H32Cl2N6OS/c1-40-17-15-21(16-18-40)36-27-12-13-28(23-8-4-3-7-22(23)27)37-33(43)39-31-32(42)41(2)29-14-11-20(34)19-25(29)30(38-31)24-9-5-6-10-26(24)35/h3-14,19,21,31,36H,15-18H2,1-2H3,(H2,37,39,43). The van der Waals surface area contributed by atoms with Crippen LogP contribution in [0.5, 0.6) is 0 Å². The molecule has 1 fully saturated rings. The summed E-state index contributed by atoms with van der Waals surface area (Å²) in [6.45, 7) is 2.17. The van der Waals surface area contributed by atoms with E-state index in [1.54, 1.807) is 30.1 Å². The molecule has 2 aliphatic heterocycles. The van der Waals surface area contributed by atoms with E-state index in [9.17, 15) is 4.79 Å². The molecule has 1 atom stereocenters. The van der Waals surface area contributed by atoms with Gasteiger partial charge in [0.05, 0.1) is 11.4 Å². The third kappa shape index (κ3) is 6.19. The number of amides is 1. The topological polar surface area (TPSA) is 72.0 Å². The highest BCUT2D eigenvalue weighted by atomic mass is 35.5. The van der Waals surface area contributed by atoms with Crippen LogP contribution in [0.25, 0.3) is 10.8 Å². The summed E-state index contributed by atoms with van der Waals surface area (Å²) in [7, 11) is 3.88. The van der Waals surface area contributed by atoms with E-state index in [0.29, 0.717) is 38.6 Å². The normalized spacial score (nSPS) is 17.7. The van der Waals surface area contributed by atoms with Crippen molar-refractivity contribution < 1.29 is 4.79 Å². The number of nitrogens with zero attached hydrogens (tertiary/aromatic N) is 3. The third-order valence-corrected chi connectivity index (χ3v) is 8.83. The first kappa shape index (κ1) is 29.4. The number of nitrogens with one attached hydrogen (secondary N) is 3. The maximum Gasteiger partial charge on any atom is 0.272 e. The summed E-state index contributed by atoms with van der Waals surface area (Å²) in [5.74, 6) is -0.266. The molecule has 3 N–H and O–H groups in total. The number of anilines is 3. The Hall–Kier alpha value is -3.69. The van der Waals surface area contributed by atoms with Gasteiger partial charge in [0.15, 0.2) is 5.11 Å². The van der Waals surface area contributed by atoms with E-state index in [1.807, 2.05) is 42.5 Å². The number of thiocarbonyl (C=S) groups is 1. The molecule has 0 aliphatic carbocycles. The molecule has 220 valence electrons. The Labute approximate surface area is 266 Å². The summed E-state index contributed by atoms with van der Waals surface area (Å²) in [6, 6.07) is 25.6. The lowest BCUT2D eigenvalue weighted by Crippen LogP contribution is -2.47. The smallest absolute Gasteiger partial charge is 0.272 e. The average Bonchev–Trinajstić information content (AvgIpc) is 3.10. The molecule has 2 heterocycles. The number of fused-ring (bicyclic) bond motifs is 2. The average molecular weight is 632 g/mol. The molecule has 0 bridgehead atoms. The molecule has 0 aromatic heterocycles. The number of halogens is 2. The van der Waals surface area contributed by atoms with Gasteiger partial charge in [-0.3, -0.25) is 4.79 Å². The minimum atomic E-state index is -1.00. The first-order valence-electron chi connectivity index (χ1n) is 14.2. The lowest BCUT2D eigenvalue weighted by molar-refractivity contribution is -0.119. The van der Waals surface area contributed by atoms with Crippen molar-refractivity contribution in [2.75, 3.05) is 42.7 Å². The number of carbonyl (C=O) groups excluding carboxylic acids is 1. The zero-order valence-electron chi connectivity index (χ0n) is 23.9. The molecule has 0 saturated carbocycles. The quantitative estimate of drug-likeness (QED) is 0.211. The fourth-order valence-corrected chi connectivity index (χ4v) is 6.32. The Bertz CT molecular complexity index is 1740. The number of likely N-dealkylation sites (tertiary alicyclic amines) is 1. The highest BCUT2D eigenvalue weighted by molar-refractivity contribution is 7.80. The van der Waals surface area contributed by atoms with E-state index in [1.165, 1.54) is 0 Å². The summed E-state index contributed by atoms with van der Waals surface area (Å²) in [6.07, 6.45) is 1.21. The largest absolute Gasteiger partial charge is 0.382 e. The van der Waals surface area contributed by atoms with Crippen molar-refractivity contribution in [3.8, 4) is 0 Å². The van der Waals surface area contributed by atoms with Gasteiger partial charge < -0.3 is 25.8 Å². The van der Waals surface area contributed by atoms with Gasteiger partial charge in [-0.1, -0.05) is 65.7 Å². The number of benzodiazepines with no additional fused rings is 1. The van der Waals surface area contributed by atoms with Crippen LogP contribution in [0.4, 0.5) is 17.1 Å². The van der Waals surface area contributed by atoms with Crippen molar-refractivity contribution >= 4 is 80.0 Å². The van der Waals surface area contributed by atoms with Crippen molar-refractivity contribution in [2.45, 2.75) is 25.0 Å². The van der Waals surface area contributed by atoms with E-state index >= 15 is 0 Å². The fourth-order valence-electron chi connectivity index (χ4n) is 5.70. The molecule has 10 heteroatoms. The minimum Gasteiger partial charge on any atom is -0.382 e. The van der Waals surface area contributed by atoms with Gasteiger partial charge in [0.2, 0.25) is 6.17 Å². The number of benzene rings is 4. The molecule has 4 aromatic carbocycles. The molecule has 2 aliphatic rings. The Balaban J connectivity index is 1.29. The van der Waals surface area contributed by atoms with Crippen LogP contribution in [0.1, 0.15) is 24.0 Å². The van der Waals surface area contributed by atoms with Crippen LogP contribution in [0.3, 0.4) is 0 Å². The highest BCUT2D eigenvalue weighted by Crippen LogP contribution is 2.33. The van der Waals surface area contributed by atoms with Gasteiger partial charge in [0, 0.05) is 56.4 Å². The van der Waals surface area contributed by atoms with E-state index in [4.69, 9.17) is 40.4 Å². The molecule has 43 heavy (non-hydrogen) atoms. The van der Waals surface area contributed by atoms with Gasteiger partial charge in [0.25, 0.3) is 5.91 Å². The summed E-state index contributed by atoms with van der Waals surface area (Å²) < 4.78 is 0. The number of carbonyl (C=O) groups is 1. The Morgan fingerprint density at radius 2 is 1.56 bits per heavy atom. The molecule has 1 unspecified atom stereocenters. The number of aliphatic imine (C=N–C) groups is 1. The fraction of sp³-hybridized carbons (Fsp3) is 0.242.